The van der Waals surface area contributed by atoms with Gasteiger partial charge in [0.25, 0.3) is 0 Å². The highest BCUT2D eigenvalue weighted by Crippen LogP contribution is 2.28. The van der Waals surface area contributed by atoms with Crippen LogP contribution in [0.1, 0.15) is 6.92 Å². The van der Waals surface area contributed by atoms with Crippen LogP contribution >= 0.6 is 11.6 Å². The molecule has 1 unspecified atom stereocenters. The van der Waals surface area contributed by atoms with Gasteiger partial charge in [0.15, 0.2) is 0 Å². The maximum atomic E-state index is 12.6. The van der Waals surface area contributed by atoms with Gasteiger partial charge in [-0.1, -0.05) is 29.8 Å². The summed E-state index contributed by atoms with van der Waals surface area (Å²) in [5.74, 6) is 0. The van der Waals surface area contributed by atoms with E-state index in [1.54, 1.807) is 18.2 Å². The van der Waals surface area contributed by atoms with Crippen LogP contribution < -0.4 is 4.72 Å². The summed E-state index contributed by atoms with van der Waals surface area (Å²) in [5, 5.41) is 9.10. The van der Waals surface area contributed by atoms with Crippen molar-refractivity contribution < 1.29 is 21.9 Å². The molecule has 0 saturated carbocycles. The fourth-order valence-electron chi connectivity index (χ4n) is 1.90. The lowest BCUT2D eigenvalue weighted by Gasteiger charge is -2.11. The van der Waals surface area contributed by atoms with Crippen LogP contribution in [0.3, 0.4) is 0 Å². The van der Waals surface area contributed by atoms with Crippen LogP contribution in [0.4, 0.5) is 0 Å². The first-order valence-corrected chi connectivity index (χ1v) is 10.3. The zero-order valence-electron chi connectivity index (χ0n) is 12.7. The molecule has 2 rings (SSSR count). The van der Waals surface area contributed by atoms with E-state index in [1.165, 1.54) is 31.2 Å². The summed E-state index contributed by atoms with van der Waals surface area (Å²) in [7, 11) is -7.93. The number of sulfone groups is 1. The average molecular weight is 390 g/mol. The van der Waals surface area contributed by atoms with E-state index in [4.69, 9.17) is 11.6 Å². The maximum Gasteiger partial charge on any atom is 0.242 e. The zero-order chi connectivity index (χ0) is 18.0. The Kier molecular flexibility index (Phi) is 5.67. The first kappa shape index (κ1) is 18.9. The molecule has 6 nitrogen and oxygen atoms in total. The van der Waals surface area contributed by atoms with Crippen LogP contribution in [-0.2, 0) is 19.9 Å². The Morgan fingerprint density at radius 1 is 1.04 bits per heavy atom. The van der Waals surface area contributed by atoms with Crippen molar-refractivity contribution in [1.82, 2.24) is 4.72 Å². The molecular formula is C15H16ClNO5S2. The second kappa shape index (κ2) is 7.20. The van der Waals surface area contributed by atoms with E-state index in [1.807, 2.05) is 0 Å². The molecule has 24 heavy (non-hydrogen) atoms. The van der Waals surface area contributed by atoms with Crippen LogP contribution in [0.25, 0.3) is 0 Å². The topological polar surface area (TPSA) is 101 Å². The monoisotopic (exact) mass is 389 g/mol. The van der Waals surface area contributed by atoms with E-state index < -0.39 is 26.0 Å². The van der Waals surface area contributed by atoms with E-state index in [9.17, 15) is 21.9 Å². The van der Waals surface area contributed by atoms with E-state index in [0.29, 0.717) is 0 Å². The Bertz CT molecular complexity index is 926. The molecule has 0 aromatic heterocycles. The normalized spacial score (nSPS) is 13.6. The van der Waals surface area contributed by atoms with Gasteiger partial charge in [0.1, 0.15) is 4.90 Å². The summed E-state index contributed by atoms with van der Waals surface area (Å²) in [6.45, 7) is 1.20. The summed E-state index contributed by atoms with van der Waals surface area (Å²) in [6.07, 6.45) is -0.894. The fourth-order valence-corrected chi connectivity index (χ4v) is 4.93. The van der Waals surface area contributed by atoms with Gasteiger partial charge in [-0.25, -0.2) is 21.6 Å². The van der Waals surface area contributed by atoms with Crippen molar-refractivity contribution in [1.29, 1.82) is 0 Å². The largest absolute Gasteiger partial charge is 0.392 e. The minimum Gasteiger partial charge on any atom is -0.392 e. The molecule has 0 amide bonds. The average Bonchev–Trinajstić information content (AvgIpc) is 2.54. The van der Waals surface area contributed by atoms with Gasteiger partial charge >= 0.3 is 0 Å². The van der Waals surface area contributed by atoms with Crippen LogP contribution in [0.2, 0.25) is 5.02 Å². The van der Waals surface area contributed by atoms with Crippen LogP contribution in [-0.4, -0.2) is 34.6 Å². The first-order valence-electron chi connectivity index (χ1n) is 6.92. The molecule has 0 aliphatic carbocycles. The fraction of sp³-hybridized carbons (Fsp3) is 0.200. The quantitative estimate of drug-likeness (QED) is 0.785. The second-order valence-electron chi connectivity index (χ2n) is 5.11. The molecule has 0 aliphatic heterocycles. The summed E-state index contributed by atoms with van der Waals surface area (Å²) in [6, 6.07) is 11.1. The highest BCUT2D eigenvalue weighted by Gasteiger charge is 2.24. The second-order valence-corrected chi connectivity index (χ2v) is 9.20. The molecule has 9 heteroatoms. The summed E-state index contributed by atoms with van der Waals surface area (Å²) >= 11 is 5.92. The maximum absolute atomic E-state index is 12.6. The molecule has 0 fully saturated rings. The summed E-state index contributed by atoms with van der Waals surface area (Å²) in [5.41, 5.74) is 0. The van der Waals surface area contributed by atoms with Gasteiger partial charge in [-0.3, -0.25) is 0 Å². The lowest BCUT2D eigenvalue weighted by Crippen LogP contribution is -2.31. The third-order valence-corrected chi connectivity index (χ3v) is 6.80. The van der Waals surface area contributed by atoms with Crippen molar-refractivity contribution >= 4 is 31.5 Å². The minimum absolute atomic E-state index is 0.0487. The third kappa shape index (κ3) is 4.14. The van der Waals surface area contributed by atoms with Crippen LogP contribution in [0.5, 0.6) is 0 Å². The van der Waals surface area contributed by atoms with Gasteiger partial charge in [-0.05, 0) is 37.3 Å². The molecule has 0 heterocycles. The van der Waals surface area contributed by atoms with Crippen LogP contribution in [0, 0.1) is 0 Å². The van der Waals surface area contributed by atoms with Crippen molar-refractivity contribution in [2.45, 2.75) is 27.7 Å². The highest BCUT2D eigenvalue weighted by atomic mass is 35.5. The molecule has 1 atom stereocenters. The molecule has 2 N–H and O–H groups in total. The lowest BCUT2D eigenvalue weighted by molar-refractivity contribution is 0.198. The van der Waals surface area contributed by atoms with Crippen molar-refractivity contribution in [2.24, 2.45) is 0 Å². The van der Waals surface area contributed by atoms with Gasteiger partial charge in [-0.15, -0.1) is 0 Å². The molecule has 0 aliphatic rings. The van der Waals surface area contributed by atoms with Crippen LogP contribution in [0.15, 0.2) is 63.2 Å². The van der Waals surface area contributed by atoms with E-state index in [0.717, 1.165) is 6.07 Å². The molecule has 0 bridgehead atoms. The number of nitrogens with one attached hydrogen (secondary N) is 1. The number of hydrogen-bond donors (Lipinski definition) is 2. The van der Waals surface area contributed by atoms with Crippen molar-refractivity contribution in [3.05, 3.63) is 53.6 Å². The van der Waals surface area contributed by atoms with Gasteiger partial charge < -0.3 is 5.11 Å². The number of rotatable bonds is 6. The minimum atomic E-state index is -4.06. The molecule has 0 saturated heterocycles. The van der Waals surface area contributed by atoms with Crippen molar-refractivity contribution in [3.63, 3.8) is 0 Å². The van der Waals surface area contributed by atoms with E-state index in [-0.39, 0.29) is 26.3 Å². The Labute approximate surface area is 146 Å². The van der Waals surface area contributed by atoms with Gasteiger partial charge in [-0.2, -0.15) is 0 Å². The van der Waals surface area contributed by atoms with Crippen molar-refractivity contribution in [2.75, 3.05) is 6.54 Å². The molecule has 130 valence electrons. The molecule has 2 aromatic rings. The Hall–Kier alpha value is -1.45. The predicted octanol–water partition coefficient (Wildman–Crippen LogP) is 1.83. The predicted molar refractivity (Wildman–Crippen MR) is 90.2 cm³/mol. The smallest absolute Gasteiger partial charge is 0.242 e. The Balaban J connectivity index is 2.50. The Morgan fingerprint density at radius 3 is 2.25 bits per heavy atom. The molecule has 0 radical (unpaired) electrons. The lowest BCUT2D eigenvalue weighted by atomic mass is 10.4. The third-order valence-electron chi connectivity index (χ3n) is 3.12. The highest BCUT2D eigenvalue weighted by molar-refractivity contribution is 7.91. The SMILES string of the molecule is CC(O)CNS(=O)(=O)c1cc(S(=O)(=O)c2ccccc2)ccc1Cl. The number of sulfonamides is 1. The van der Waals surface area contributed by atoms with Gasteiger partial charge in [0.2, 0.25) is 19.9 Å². The number of halogens is 1. The zero-order valence-corrected chi connectivity index (χ0v) is 15.1. The Morgan fingerprint density at radius 2 is 1.67 bits per heavy atom. The van der Waals surface area contributed by atoms with E-state index in [2.05, 4.69) is 4.72 Å². The van der Waals surface area contributed by atoms with E-state index >= 15 is 0 Å². The molecule has 2 aromatic carbocycles. The molecule has 0 spiro atoms. The summed E-state index contributed by atoms with van der Waals surface area (Å²) < 4.78 is 51.9. The van der Waals surface area contributed by atoms with Gasteiger partial charge in [0.05, 0.1) is 20.9 Å². The summed E-state index contributed by atoms with van der Waals surface area (Å²) in [4.78, 5) is -0.495. The standard InChI is InChI=1S/C15H16ClNO5S2/c1-11(18)10-17-24(21,22)15-9-13(7-8-14(15)16)23(19,20)12-5-3-2-4-6-12/h2-9,11,17-18H,10H2,1H3. The number of hydrogen-bond acceptors (Lipinski definition) is 5. The number of aliphatic hydroxyl groups excluding tert-OH is 1. The van der Waals surface area contributed by atoms with Gasteiger partial charge in [0, 0.05) is 6.54 Å². The van der Waals surface area contributed by atoms with Crippen molar-refractivity contribution in [3.8, 4) is 0 Å². The molecular weight excluding hydrogens is 374 g/mol. The number of aliphatic hydroxyl groups is 1. The number of benzene rings is 2. The first-order chi connectivity index (χ1) is 11.1.